The molecule has 1 aliphatic heterocycles. The molecule has 1 atom stereocenters. The van der Waals surface area contributed by atoms with Crippen LogP contribution in [-0.2, 0) is 6.18 Å². The second-order valence-electron chi connectivity index (χ2n) is 3.99. The molecule has 1 saturated heterocycles. The third kappa shape index (κ3) is 2.66. The van der Waals surface area contributed by atoms with Crippen molar-refractivity contribution in [2.75, 3.05) is 25.0 Å². The van der Waals surface area contributed by atoms with Gasteiger partial charge in [0.05, 0.1) is 0 Å². The molecule has 1 aromatic rings. The lowest BCUT2D eigenvalue weighted by molar-refractivity contribution is -0.141. The fourth-order valence-electron chi connectivity index (χ4n) is 1.85. The first-order valence-corrected chi connectivity index (χ1v) is 5.34. The highest BCUT2D eigenvalue weighted by Gasteiger charge is 2.33. The highest BCUT2D eigenvalue weighted by molar-refractivity contribution is 5.39. The van der Waals surface area contributed by atoms with Gasteiger partial charge in [0.2, 0.25) is 0 Å². The quantitative estimate of drug-likeness (QED) is 0.853. The molecule has 2 rings (SSSR count). The Labute approximate surface area is 96.8 Å². The average Bonchev–Trinajstić information content (AvgIpc) is 2.76. The lowest BCUT2D eigenvalue weighted by Gasteiger charge is -2.17. The molecule has 0 radical (unpaired) electrons. The number of aromatic nitrogens is 2. The summed E-state index contributed by atoms with van der Waals surface area (Å²) < 4.78 is 36.9. The summed E-state index contributed by atoms with van der Waals surface area (Å²) in [4.78, 5) is 1.92. The van der Waals surface area contributed by atoms with Crippen LogP contribution in [-0.4, -0.2) is 36.4 Å². The zero-order valence-corrected chi connectivity index (χ0v) is 9.33. The summed E-state index contributed by atoms with van der Waals surface area (Å²) in [5.41, 5.74) is -0.953. The van der Waals surface area contributed by atoms with E-state index in [9.17, 15) is 13.2 Å². The summed E-state index contributed by atoms with van der Waals surface area (Å²) in [5, 5.41) is 9.96. The number of halogens is 3. The van der Waals surface area contributed by atoms with Crippen LogP contribution < -0.4 is 10.2 Å². The highest BCUT2D eigenvalue weighted by atomic mass is 19.4. The summed E-state index contributed by atoms with van der Waals surface area (Å²) in [6.07, 6.45) is -3.47. The molecule has 0 bridgehead atoms. The van der Waals surface area contributed by atoms with Crippen molar-refractivity contribution in [1.82, 2.24) is 15.5 Å². The summed E-state index contributed by atoms with van der Waals surface area (Å²) in [7, 11) is 1.87. The van der Waals surface area contributed by atoms with Gasteiger partial charge >= 0.3 is 6.18 Å². The van der Waals surface area contributed by atoms with E-state index < -0.39 is 11.9 Å². The number of hydrogen-bond donors (Lipinski definition) is 1. The molecule has 4 nitrogen and oxygen atoms in total. The SMILES string of the molecule is CNC1CCN(c2ccc(C(F)(F)F)nn2)C1. The molecule has 1 fully saturated rings. The van der Waals surface area contributed by atoms with Crippen LogP contribution in [0.1, 0.15) is 12.1 Å². The predicted molar refractivity (Wildman–Crippen MR) is 56.7 cm³/mol. The second kappa shape index (κ2) is 4.48. The highest BCUT2D eigenvalue weighted by Crippen LogP contribution is 2.28. The van der Waals surface area contributed by atoms with Gasteiger partial charge in [-0.2, -0.15) is 13.2 Å². The number of anilines is 1. The Bertz CT molecular complexity index is 376. The molecule has 0 saturated carbocycles. The second-order valence-corrected chi connectivity index (χ2v) is 3.99. The van der Waals surface area contributed by atoms with Crippen molar-refractivity contribution in [1.29, 1.82) is 0 Å². The lowest BCUT2D eigenvalue weighted by Crippen LogP contribution is -2.30. The van der Waals surface area contributed by atoms with Crippen LogP contribution in [0.3, 0.4) is 0 Å². The number of likely N-dealkylation sites (N-methyl/N-ethyl adjacent to an activating group) is 1. The Morgan fingerprint density at radius 1 is 1.35 bits per heavy atom. The largest absolute Gasteiger partial charge is 0.435 e. The van der Waals surface area contributed by atoms with Crippen LogP contribution in [0, 0.1) is 0 Å². The van der Waals surface area contributed by atoms with Crippen LogP contribution >= 0.6 is 0 Å². The van der Waals surface area contributed by atoms with Crippen LogP contribution in [0.5, 0.6) is 0 Å². The topological polar surface area (TPSA) is 41.0 Å². The van der Waals surface area contributed by atoms with E-state index in [2.05, 4.69) is 15.5 Å². The van der Waals surface area contributed by atoms with Crippen molar-refractivity contribution < 1.29 is 13.2 Å². The molecular weight excluding hydrogens is 233 g/mol. The zero-order chi connectivity index (χ0) is 12.5. The van der Waals surface area contributed by atoms with Gasteiger partial charge in [0.15, 0.2) is 11.5 Å². The van der Waals surface area contributed by atoms with Gasteiger partial charge in [0.1, 0.15) is 0 Å². The van der Waals surface area contributed by atoms with Gasteiger partial charge in [0, 0.05) is 19.1 Å². The first-order chi connectivity index (χ1) is 8.00. The molecule has 17 heavy (non-hydrogen) atoms. The van der Waals surface area contributed by atoms with Crippen molar-refractivity contribution in [3.8, 4) is 0 Å². The maximum absolute atomic E-state index is 12.3. The predicted octanol–water partition coefficient (Wildman–Crippen LogP) is 1.29. The maximum atomic E-state index is 12.3. The standard InChI is InChI=1S/C10H13F3N4/c1-14-7-4-5-17(6-7)9-3-2-8(15-16-9)10(11,12)13/h2-3,7,14H,4-6H2,1H3. The minimum Gasteiger partial charge on any atom is -0.354 e. The Kier molecular flexibility index (Phi) is 3.19. The zero-order valence-electron chi connectivity index (χ0n) is 9.33. The Morgan fingerprint density at radius 3 is 2.59 bits per heavy atom. The van der Waals surface area contributed by atoms with E-state index in [1.165, 1.54) is 6.07 Å². The van der Waals surface area contributed by atoms with E-state index >= 15 is 0 Å². The van der Waals surface area contributed by atoms with Gasteiger partial charge in [-0.3, -0.25) is 0 Å². The third-order valence-electron chi connectivity index (χ3n) is 2.86. The third-order valence-corrected chi connectivity index (χ3v) is 2.86. The Balaban J connectivity index is 2.09. The van der Waals surface area contributed by atoms with Gasteiger partial charge in [-0.05, 0) is 25.6 Å². The van der Waals surface area contributed by atoms with Crippen molar-refractivity contribution in [2.45, 2.75) is 18.6 Å². The Morgan fingerprint density at radius 2 is 2.12 bits per heavy atom. The molecule has 7 heteroatoms. The first-order valence-electron chi connectivity index (χ1n) is 5.34. The van der Waals surface area contributed by atoms with Crippen molar-refractivity contribution >= 4 is 5.82 Å². The molecule has 1 unspecified atom stereocenters. The van der Waals surface area contributed by atoms with E-state index in [0.717, 1.165) is 25.6 Å². The maximum Gasteiger partial charge on any atom is 0.435 e. The van der Waals surface area contributed by atoms with E-state index in [4.69, 9.17) is 0 Å². The first kappa shape index (κ1) is 12.1. The van der Waals surface area contributed by atoms with Crippen molar-refractivity contribution in [3.05, 3.63) is 17.8 Å². The summed E-state index contributed by atoms with van der Waals surface area (Å²) in [5.74, 6) is 0.496. The molecule has 0 aliphatic carbocycles. The molecule has 1 aromatic heterocycles. The average molecular weight is 246 g/mol. The van der Waals surface area contributed by atoms with Crippen molar-refractivity contribution in [3.63, 3.8) is 0 Å². The fourth-order valence-corrected chi connectivity index (χ4v) is 1.85. The van der Waals surface area contributed by atoms with E-state index in [1.807, 2.05) is 11.9 Å². The lowest BCUT2D eigenvalue weighted by atomic mass is 10.3. The molecule has 1 aliphatic rings. The molecule has 0 amide bonds. The summed E-state index contributed by atoms with van der Waals surface area (Å²) in [6, 6.07) is 2.70. The summed E-state index contributed by atoms with van der Waals surface area (Å²) in [6.45, 7) is 1.53. The van der Waals surface area contributed by atoms with E-state index in [0.29, 0.717) is 11.9 Å². The molecule has 0 aromatic carbocycles. The Hall–Kier alpha value is -1.37. The summed E-state index contributed by atoms with van der Waals surface area (Å²) >= 11 is 0. The fraction of sp³-hybridized carbons (Fsp3) is 0.600. The van der Waals surface area contributed by atoms with Gasteiger partial charge in [0.25, 0.3) is 0 Å². The number of nitrogens with one attached hydrogen (secondary N) is 1. The van der Waals surface area contributed by atoms with Crippen LogP contribution in [0.25, 0.3) is 0 Å². The monoisotopic (exact) mass is 246 g/mol. The van der Waals surface area contributed by atoms with Gasteiger partial charge in [-0.15, -0.1) is 10.2 Å². The smallest absolute Gasteiger partial charge is 0.354 e. The molecule has 2 heterocycles. The molecular formula is C10H13F3N4. The molecule has 1 N–H and O–H groups in total. The van der Waals surface area contributed by atoms with Crippen molar-refractivity contribution in [2.24, 2.45) is 0 Å². The number of nitrogens with zero attached hydrogens (tertiary/aromatic N) is 3. The minimum atomic E-state index is -4.43. The minimum absolute atomic E-state index is 0.360. The van der Waals surface area contributed by atoms with Gasteiger partial charge in [-0.1, -0.05) is 0 Å². The normalized spacial score (nSPS) is 20.9. The number of hydrogen-bond acceptors (Lipinski definition) is 4. The van der Waals surface area contributed by atoms with E-state index in [1.54, 1.807) is 0 Å². The van der Waals surface area contributed by atoms with Gasteiger partial charge < -0.3 is 10.2 Å². The molecule has 94 valence electrons. The van der Waals surface area contributed by atoms with Crippen LogP contribution in [0.15, 0.2) is 12.1 Å². The molecule has 0 spiro atoms. The number of rotatable bonds is 2. The van der Waals surface area contributed by atoms with Gasteiger partial charge in [-0.25, -0.2) is 0 Å². The number of alkyl halides is 3. The van der Waals surface area contributed by atoms with Crippen LogP contribution in [0.4, 0.5) is 19.0 Å². The van der Waals surface area contributed by atoms with Crippen LogP contribution in [0.2, 0.25) is 0 Å². The van der Waals surface area contributed by atoms with E-state index in [-0.39, 0.29) is 0 Å².